The SMILES string of the molecule is CN=C(NCCc1ccncc1C)NCC(c1cccs1)N1CCCC1. The summed E-state index contributed by atoms with van der Waals surface area (Å²) in [7, 11) is 1.84. The van der Waals surface area contributed by atoms with Crippen LogP contribution in [0.3, 0.4) is 0 Å². The third kappa shape index (κ3) is 5.05. The summed E-state index contributed by atoms with van der Waals surface area (Å²) in [6.07, 6.45) is 7.36. The molecule has 140 valence electrons. The van der Waals surface area contributed by atoms with Gasteiger partial charge in [-0.1, -0.05) is 6.07 Å². The van der Waals surface area contributed by atoms with E-state index in [4.69, 9.17) is 0 Å². The molecule has 2 N–H and O–H groups in total. The molecule has 0 aliphatic carbocycles. The summed E-state index contributed by atoms with van der Waals surface area (Å²) < 4.78 is 0. The first-order chi connectivity index (χ1) is 12.8. The van der Waals surface area contributed by atoms with E-state index in [2.05, 4.69) is 56.0 Å². The molecule has 1 unspecified atom stereocenters. The van der Waals surface area contributed by atoms with Crippen LogP contribution in [-0.2, 0) is 6.42 Å². The average Bonchev–Trinajstić information content (AvgIpc) is 3.36. The number of pyridine rings is 1. The average molecular weight is 372 g/mol. The molecule has 2 aromatic heterocycles. The number of nitrogens with zero attached hydrogens (tertiary/aromatic N) is 3. The highest BCUT2D eigenvalue weighted by molar-refractivity contribution is 7.10. The van der Waals surface area contributed by atoms with Crippen LogP contribution in [0.15, 0.2) is 41.0 Å². The van der Waals surface area contributed by atoms with Crippen LogP contribution in [0.2, 0.25) is 0 Å². The predicted octanol–water partition coefficient (Wildman–Crippen LogP) is 3.00. The molecule has 3 heterocycles. The lowest BCUT2D eigenvalue weighted by atomic mass is 10.1. The van der Waals surface area contributed by atoms with Gasteiger partial charge in [0.25, 0.3) is 0 Å². The van der Waals surface area contributed by atoms with Gasteiger partial charge < -0.3 is 10.6 Å². The summed E-state index contributed by atoms with van der Waals surface area (Å²) in [6, 6.07) is 6.91. The lowest BCUT2D eigenvalue weighted by Gasteiger charge is -2.27. The fourth-order valence-corrected chi connectivity index (χ4v) is 4.32. The molecule has 5 nitrogen and oxygen atoms in total. The third-order valence-corrected chi connectivity index (χ3v) is 5.94. The second kappa shape index (κ2) is 9.69. The van der Waals surface area contributed by atoms with Crippen LogP contribution in [0.4, 0.5) is 0 Å². The van der Waals surface area contributed by atoms with Gasteiger partial charge in [0.05, 0.1) is 6.04 Å². The minimum Gasteiger partial charge on any atom is -0.356 e. The molecule has 3 rings (SSSR count). The number of aliphatic imine (C=N–C) groups is 1. The Kier molecular flexibility index (Phi) is 7.03. The van der Waals surface area contributed by atoms with Crippen LogP contribution in [0.1, 0.15) is 34.9 Å². The molecular formula is C20H29N5S. The van der Waals surface area contributed by atoms with Crippen LogP contribution in [0, 0.1) is 6.92 Å². The molecule has 1 fully saturated rings. The summed E-state index contributed by atoms with van der Waals surface area (Å²) >= 11 is 1.85. The Bertz CT molecular complexity index is 692. The largest absolute Gasteiger partial charge is 0.356 e. The van der Waals surface area contributed by atoms with Gasteiger partial charge in [-0.2, -0.15) is 0 Å². The van der Waals surface area contributed by atoms with Crippen molar-refractivity contribution in [2.45, 2.75) is 32.2 Å². The Morgan fingerprint density at radius 2 is 2.15 bits per heavy atom. The monoisotopic (exact) mass is 371 g/mol. The van der Waals surface area contributed by atoms with E-state index in [9.17, 15) is 0 Å². The van der Waals surface area contributed by atoms with Crippen molar-refractivity contribution in [2.75, 3.05) is 33.2 Å². The van der Waals surface area contributed by atoms with Crippen molar-refractivity contribution in [3.8, 4) is 0 Å². The van der Waals surface area contributed by atoms with Crippen LogP contribution >= 0.6 is 11.3 Å². The van der Waals surface area contributed by atoms with Crippen molar-refractivity contribution in [1.29, 1.82) is 0 Å². The van der Waals surface area contributed by atoms with Gasteiger partial charge in [-0.3, -0.25) is 14.9 Å². The molecule has 6 heteroatoms. The molecule has 0 radical (unpaired) electrons. The fourth-order valence-electron chi connectivity index (χ4n) is 3.46. The van der Waals surface area contributed by atoms with Gasteiger partial charge in [-0.15, -0.1) is 11.3 Å². The van der Waals surface area contributed by atoms with E-state index in [1.165, 1.54) is 41.9 Å². The highest BCUT2D eigenvalue weighted by Crippen LogP contribution is 2.27. The second-order valence-corrected chi connectivity index (χ2v) is 7.69. The Balaban J connectivity index is 1.51. The van der Waals surface area contributed by atoms with Crippen molar-refractivity contribution in [3.63, 3.8) is 0 Å². The molecule has 0 spiro atoms. The van der Waals surface area contributed by atoms with Crippen molar-refractivity contribution >= 4 is 17.3 Å². The zero-order valence-corrected chi connectivity index (χ0v) is 16.6. The maximum Gasteiger partial charge on any atom is 0.191 e. The summed E-state index contributed by atoms with van der Waals surface area (Å²) in [4.78, 5) is 12.6. The van der Waals surface area contributed by atoms with Crippen LogP contribution in [0.25, 0.3) is 0 Å². The lowest BCUT2D eigenvalue weighted by Crippen LogP contribution is -2.43. The molecule has 0 saturated carbocycles. The first-order valence-corrected chi connectivity index (χ1v) is 10.3. The number of guanidine groups is 1. The zero-order valence-electron chi connectivity index (χ0n) is 15.7. The van der Waals surface area contributed by atoms with Gasteiger partial charge in [-0.05, 0) is 67.9 Å². The summed E-state index contributed by atoms with van der Waals surface area (Å²) in [5, 5.41) is 9.14. The number of hydrogen-bond acceptors (Lipinski definition) is 4. The molecule has 26 heavy (non-hydrogen) atoms. The number of thiophene rings is 1. The normalized spacial score (nSPS) is 16.6. The molecule has 0 aromatic carbocycles. The maximum absolute atomic E-state index is 4.39. The van der Waals surface area contributed by atoms with E-state index < -0.39 is 0 Å². The number of aryl methyl sites for hydroxylation is 1. The quantitative estimate of drug-likeness (QED) is 0.580. The number of nitrogens with one attached hydrogen (secondary N) is 2. The molecule has 0 bridgehead atoms. The second-order valence-electron chi connectivity index (χ2n) is 6.71. The molecule has 2 aromatic rings. The zero-order chi connectivity index (χ0) is 18.2. The predicted molar refractivity (Wildman–Crippen MR) is 110 cm³/mol. The number of hydrogen-bond donors (Lipinski definition) is 2. The van der Waals surface area contributed by atoms with Crippen LogP contribution in [0.5, 0.6) is 0 Å². The maximum atomic E-state index is 4.39. The number of aromatic nitrogens is 1. The van der Waals surface area contributed by atoms with Gasteiger partial charge in [0, 0.05) is 37.4 Å². The summed E-state index contributed by atoms with van der Waals surface area (Å²) in [5.41, 5.74) is 2.57. The van der Waals surface area contributed by atoms with E-state index in [-0.39, 0.29) is 0 Å². The standard InChI is InChI=1S/C20H29N5S/c1-16-14-22-9-7-17(16)8-10-23-20(21-2)24-15-18(19-6-5-13-26-19)25-11-3-4-12-25/h5-7,9,13-14,18H,3-4,8,10-12,15H2,1-2H3,(H2,21,23,24). The smallest absolute Gasteiger partial charge is 0.191 e. The van der Waals surface area contributed by atoms with E-state index in [1.807, 2.05) is 30.8 Å². The summed E-state index contributed by atoms with van der Waals surface area (Å²) in [5.74, 6) is 0.873. The Hall–Kier alpha value is -1.92. The van der Waals surface area contributed by atoms with Gasteiger partial charge >= 0.3 is 0 Å². The van der Waals surface area contributed by atoms with Gasteiger partial charge in [-0.25, -0.2) is 0 Å². The molecule has 1 atom stereocenters. The van der Waals surface area contributed by atoms with Crippen molar-refractivity contribution in [1.82, 2.24) is 20.5 Å². The minimum absolute atomic E-state index is 0.429. The number of likely N-dealkylation sites (tertiary alicyclic amines) is 1. The van der Waals surface area contributed by atoms with Crippen molar-refractivity contribution in [3.05, 3.63) is 52.0 Å². The molecule has 0 amide bonds. The van der Waals surface area contributed by atoms with Gasteiger partial charge in [0.2, 0.25) is 0 Å². The van der Waals surface area contributed by atoms with E-state index in [0.717, 1.165) is 25.5 Å². The Morgan fingerprint density at radius 1 is 1.31 bits per heavy atom. The first kappa shape index (κ1) is 18.9. The van der Waals surface area contributed by atoms with E-state index in [0.29, 0.717) is 6.04 Å². The summed E-state index contributed by atoms with van der Waals surface area (Å²) in [6.45, 7) is 6.23. The molecule has 1 aliphatic rings. The Labute approximate surface area is 160 Å². The fraction of sp³-hybridized carbons (Fsp3) is 0.500. The van der Waals surface area contributed by atoms with E-state index >= 15 is 0 Å². The topological polar surface area (TPSA) is 52.6 Å². The number of rotatable bonds is 7. The lowest BCUT2D eigenvalue weighted by molar-refractivity contribution is 0.249. The minimum atomic E-state index is 0.429. The van der Waals surface area contributed by atoms with Crippen molar-refractivity contribution in [2.24, 2.45) is 4.99 Å². The molecular weight excluding hydrogens is 342 g/mol. The molecule has 1 aliphatic heterocycles. The highest BCUT2D eigenvalue weighted by Gasteiger charge is 2.24. The Morgan fingerprint density at radius 3 is 2.85 bits per heavy atom. The van der Waals surface area contributed by atoms with E-state index in [1.54, 1.807) is 0 Å². The van der Waals surface area contributed by atoms with Crippen molar-refractivity contribution < 1.29 is 0 Å². The third-order valence-electron chi connectivity index (χ3n) is 4.96. The van der Waals surface area contributed by atoms with Crippen LogP contribution in [-0.4, -0.2) is 49.1 Å². The van der Waals surface area contributed by atoms with Gasteiger partial charge in [0.1, 0.15) is 0 Å². The van der Waals surface area contributed by atoms with Crippen LogP contribution < -0.4 is 10.6 Å². The van der Waals surface area contributed by atoms with Gasteiger partial charge in [0.15, 0.2) is 5.96 Å². The first-order valence-electron chi connectivity index (χ1n) is 9.39. The molecule has 1 saturated heterocycles. The highest BCUT2D eigenvalue weighted by atomic mass is 32.1.